The molecule has 0 aliphatic heterocycles. The normalized spacial score (nSPS) is 15.8. The van der Waals surface area contributed by atoms with Gasteiger partial charge in [-0.25, -0.2) is 0 Å². The lowest BCUT2D eigenvalue weighted by Gasteiger charge is -2.18. The fourth-order valence-electron chi connectivity index (χ4n) is 2.61. The molecule has 0 N–H and O–H groups in total. The molecule has 2 aromatic carbocycles. The predicted octanol–water partition coefficient (Wildman–Crippen LogP) is 5.21. The largest absolute Gasteiger partial charge is 0.497 e. The molecule has 0 aromatic heterocycles. The Morgan fingerprint density at radius 1 is 1.05 bits per heavy atom. The molecule has 0 saturated heterocycles. The standard InChI is InChI=1S/C18H14Cl2O2/c1-22-14-6-5-12-3-4-13(18(21)15(12)10-14)8-11-2-7-16(19)17(20)9-11/h2,5-10H,3-4H2,1H3. The molecule has 3 rings (SSSR count). The first-order valence-electron chi connectivity index (χ1n) is 6.95. The van der Waals surface area contributed by atoms with Crippen molar-refractivity contribution in [1.29, 1.82) is 0 Å². The van der Waals surface area contributed by atoms with Gasteiger partial charge in [-0.1, -0.05) is 35.3 Å². The Balaban J connectivity index is 1.97. The molecule has 22 heavy (non-hydrogen) atoms. The molecule has 2 nitrogen and oxygen atoms in total. The van der Waals surface area contributed by atoms with Crippen molar-refractivity contribution < 1.29 is 9.53 Å². The van der Waals surface area contributed by atoms with E-state index in [9.17, 15) is 4.79 Å². The van der Waals surface area contributed by atoms with Crippen molar-refractivity contribution in [3.63, 3.8) is 0 Å². The molecule has 4 heteroatoms. The summed E-state index contributed by atoms with van der Waals surface area (Å²) in [6.07, 6.45) is 3.45. The van der Waals surface area contributed by atoms with Crippen molar-refractivity contribution in [3.8, 4) is 5.75 Å². The Morgan fingerprint density at radius 3 is 2.59 bits per heavy atom. The second-order valence-electron chi connectivity index (χ2n) is 5.20. The lowest BCUT2D eigenvalue weighted by molar-refractivity contribution is 0.102. The number of Topliss-reactive ketones (excluding diaryl/α,β-unsaturated/α-hetero) is 1. The van der Waals surface area contributed by atoms with Gasteiger partial charge >= 0.3 is 0 Å². The van der Waals surface area contributed by atoms with Gasteiger partial charge in [0.25, 0.3) is 0 Å². The Morgan fingerprint density at radius 2 is 1.86 bits per heavy atom. The second-order valence-corrected chi connectivity index (χ2v) is 6.01. The summed E-state index contributed by atoms with van der Waals surface area (Å²) in [5, 5.41) is 0.996. The van der Waals surface area contributed by atoms with Crippen molar-refractivity contribution >= 4 is 35.1 Å². The van der Waals surface area contributed by atoms with Gasteiger partial charge in [-0.3, -0.25) is 4.79 Å². The molecule has 112 valence electrons. The summed E-state index contributed by atoms with van der Waals surface area (Å²) in [6.45, 7) is 0. The summed E-state index contributed by atoms with van der Waals surface area (Å²) in [4.78, 5) is 12.7. The minimum Gasteiger partial charge on any atom is -0.497 e. The van der Waals surface area contributed by atoms with Crippen LogP contribution in [0.4, 0.5) is 0 Å². The zero-order chi connectivity index (χ0) is 15.7. The number of rotatable bonds is 2. The van der Waals surface area contributed by atoms with E-state index in [0.29, 0.717) is 15.8 Å². The minimum absolute atomic E-state index is 0.0474. The van der Waals surface area contributed by atoms with Crippen LogP contribution >= 0.6 is 23.2 Å². The smallest absolute Gasteiger partial charge is 0.189 e. The van der Waals surface area contributed by atoms with Crippen molar-refractivity contribution in [2.45, 2.75) is 12.8 Å². The van der Waals surface area contributed by atoms with Gasteiger partial charge in [0.15, 0.2) is 5.78 Å². The average molecular weight is 333 g/mol. The number of aryl methyl sites for hydroxylation is 1. The number of fused-ring (bicyclic) bond motifs is 1. The maximum Gasteiger partial charge on any atom is 0.189 e. The van der Waals surface area contributed by atoms with E-state index in [2.05, 4.69) is 0 Å². The zero-order valence-corrected chi connectivity index (χ0v) is 13.5. The number of ketones is 1. The van der Waals surface area contributed by atoms with E-state index in [0.717, 1.165) is 35.1 Å². The van der Waals surface area contributed by atoms with Crippen molar-refractivity contribution in [1.82, 2.24) is 0 Å². The van der Waals surface area contributed by atoms with Crippen LogP contribution in [0.5, 0.6) is 5.75 Å². The van der Waals surface area contributed by atoms with Crippen LogP contribution in [0.2, 0.25) is 10.0 Å². The summed E-state index contributed by atoms with van der Waals surface area (Å²) >= 11 is 11.9. The molecule has 1 aliphatic rings. The molecule has 0 heterocycles. The molecule has 0 atom stereocenters. The second kappa shape index (κ2) is 6.15. The first-order chi connectivity index (χ1) is 10.6. The molecular formula is C18H14Cl2O2. The van der Waals surface area contributed by atoms with Gasteiger partial charge in [-0.2, -0.15) is 0 Å². The maximum atomic E-state index is 12.7. The van der Waals surface area contributed by atoms with E-state index in [1.165, 1.54) is 0 Å². The van der Waals surface area contributed by atoms with Crippen LogP contribution < -0.4 is 4.74 Å². The van der Waals surface area contributed by atoms with Gasteiger partial charge in [0.2, 0.25) is 0 Å². The van der Waals surface area contributed by atoms with E-state index in [-0.39, 0.29) is 5.78 Å². The Kier molecular flexibility index (Phi) is 4.23. The lowest BCUT2D eigenvalue weighted by Crippen LogP contribution is -2.14. The van der Waals surface area contributed by atoms with Gasteiger partial charge in [0, 0.05) is 11.1 Å². The molecular weight excluding hydrogens is 319 g/mol. The number of ether oxygens (including phenoxy) is 1. The predicted molar refractivity (Wildman–Crippen MR) is 90.1 cm³/mol. The van der Waals surface area contributed by atoms with Crippen LogP contribution in [0, 0.1) is 0 Å². The molecule has 0 bridgehead atoms. The van der Waals surface area contributed by atoms with Crippen molar-refractivity contribution in [2.75, 3.05) is 7.11 Å². The van der Waals surface area contributed by atoms with Crippen LogP contribution in [0.25, 0.3) is 6.08 Å². The molecule has 0 unspecified atom stereocenters. The van der Waals surface area contributed by atoms with Gasteiger partial charge in [-0.05, 0) is 54.3 Å². The van der Waals surface area contributed by atoms with Crippen LogP contribution in [-0.2, 0) is 6.42 Å². The van der Waals surface area contributed by atoms with Gasteiger partial charge in [-0.15, -0.1) is 0 Å². The number of carbonyl (C=O) groups excluding carboxylic acids is 1. The number of hydrogen-bond donors (Lipinski definition) is 0. The average Bonchev–Trinajstić information content (AvgIpc) is 2.53. The van der Waals surface area contributed by atoms with Crippen molar-refractivity contribution in [3.05, 3.63) is 68.7 Å². The number of benzene rings is 2. The molecule has 0 amide bonds. The van der Waals surface area contributed by atoms with Gasteiger partial charge < -0.3 is 4.74 Å². The summed E-state index contributed by atoms with van der Waals surface area (Å²) < 4.78 is 5.21. The SMILES string of the molecule is COc1ccc2c(c1)C(=O)C(=Cc1ccc(Cl)c(Cl)c1)CC2. The highest BCUT2D eigenvalue weighted by atomic mass is 35.5. The van der Waals surface area contributed by atoms with E-state index >= 15 is 0 Å². The number of halogens is 2. The quantitative estimate of drug-likeness (QED) is 0.705. The van der Waals surface area contributed by atoms with E-state index in [1.807, 2.05) is 24.3 Å². The van der Waals surface area contributed by atoms with Crippen molar-refractivity contribution in [2.24, 2.45) is 0 Å². The number of methoxy groups -OCH3 is 1. The summed E-state index contributed by atoms with van der Waals surface area (Å²) in [5.74, 6) is 0.745. The summed E-state index contributed by atoms with van der Waals surface area (Å²) in [6, 6.07) is 11.0. The number of hydrogen-bond acceptors (Lipinski definition) is 2. The van der Waals surface area contributed by atoms with Crippen LogP contribution in [-0.4, -0.2) is 12.9 Å². The Labute approximate surface area is 139 Å². The van der Waals surface area contributed by atoms with Crippen LogP contribution in [0.3, 0.4) is 0 Å². The Bertz CT molecular complexity index is 779. The van der Waals surface area contributed by atoms with E-state index < -0.39 is 0 Å². The molecule has 0 radical (unpaired) electrons. The lowest BCUT2D eigenvalue weighted by atomic mass is 9.86. The number of allylic oxidation sites excluding steroid dienone is 1. The highest BCUT2D eigenvalue weighted by Gasteiger charge is 2.22. The monoisotopic (exact) mass is 332 g/mol. The van der Waals surface area contributed by atoms with Crippen LogP contribution in [0.15, 0.2) is 42.0 Å². The third-order valence-electron chi connectivity index (χ3n) is 3.80. The highest BCUT2D eigenvalue weighted by Crippen LogP contribution is 2.30. The van der Waals surface area contributed by atoms with Gasteiger partial charge in [0.1, 0.15) is 5.75 Å². The molecule has 0 spiro atoms. The van der Waals surface area contributed by atoms with Crippen LogP contribution in [0.1, 0.15) is 27.9 Å². The first kappa shape index (κ1) is 15.1. The number of carbonyl (C=O) groups is 1. The molecule has 0 saturated carbocycles. The highest BCUT2D eigenvalue weighted by molar-refractivity contribution is 6.42. The maximum absolute atomic E-state index is 12.7. The van der Waals surface area contributed by atoms with Gasteiger partial charge in [0.05, 0.1) is 17.2 Å². The fourth-order valence-corrected chi connectivity index (χ4v) is 2.92. The molecule has 1 aliphatic carbocycles. The zero-order valence-electron chi connectivity index (χ0n) is 12.0. The molecule has 0 fully saturated rings. The summed E-state index contributed by atoms with van der Waals surface area (Å²) in [7, 11) is 1.60. The van der Waals surface area contributed by atoms with E-state index in [1.54, 1.807) is 25.3 Å². The third kappa shape index (κ3) is 2.90. The molecule has 2 aromatic rings. The fraction of sp³-hybridized carbons (Fsp3) is 0.167. The summed E-state index contributed by atoms with van der Waals surface area (Å²) in [5.41, 5.74) is 3.44. The van der Waals surface area contributed by atoms with E-state index in [4.69, 9.17) is 27.9 Å². The topological polar surface area (TPSA) is 26.3 Å². The first-order valence-corrected chi connectivity index (χ1v) is 7.71. The minimum atomic E-state index is 0.0474. The third-order valence-corrected chi connectivity index (χ3v) is 4.54. The Hall–Kier alpha value is -1.77.